The van der Waals surface area contributed by atoms with Crippen molar-refractivity contribution < 1.29 is 19.4 Å². The van der Waals surface area contributed by atoms with Crippen molar-refractivity contribution in [1.29, 1.82) is 0 Å². The van der Waals surface area contributed by atoms with E-state index in [2.05, 4.69) is 37.1 Å². The number of aliphatic hydroxyl groups excluding tert-OH is 1. The predicted molar refractivity (Wildman–Crippen MR) is 123 cm³/mol. The topological polar surface area (TPSA) is 71.0 Å². The maximum atomic E-state index is 12.3. The number of aliphatic hydroxyl groups is 1. The van der Waals surface area contributed by atoms with Crippen LogP contribution in [0.2, 0.25) is 0 Å². The molecule has 1 saturated heterocycles. The number of amides is 1. The number of aryl methyl sites for hydroxylation is 1. The van der Waals surface area contributed by atoms with Gasteiger partial charge in [0, 0.05) is 25.3 Å². The molecule has 0 aliphatic carbocycles. The first kappa shape index (κ1) is 23.1. The third-order valence-electron chi connectivity index (χ3n) is 5.45. The second kappa shape index (κ2) is 10.2. The Bertz CT molecular complexity index is 868. The third kappa shape index (κ3) is 6.45. The number of benzene rings is 2. The van der Waals surface area contributed by atoms with Gasteiger partial charge in [0.15, 0.2) is 6.61 Å². The number of hydrogen-bond acceptors (Lipinski definition) is 5. The number of carbonyl (C=O) groups is 1. The van der Waals surface area contributed by atoms with Crippen LogP contribution >= 0.6 is 0 Å². The van der Waals surface area contributed by atoms with Crippen LogP contribution in [0.25, 0.3) is 0 Å². The molecule has 2 aromatic rings. The van der Waals surface area contributed by atoms with Gasteiger partial charge in [0.2, 0.25) is 0 Å². The van der Waals surface area contributed by atoms with E-state index >= 15 is 0 Å². The van der Waals surface area contributed by atoms with E-state index in [1.807, 2.05) is 43.3 Å². The van der Waals surface area contributed by atoms with Crippen LogP contribution in [0.3, 0.4) is 0 Å². The summed E-state index contributed by atoms with van der Waals surface area (Å²) < 4.78 is 11.2. The second-order valence-corrected chi connectivity index (χ2v) is 9.05. The molecule has 1 fully saturated rings. The monoisotopic (exact) mass is 426 g/mol. The highest BCUT2D eigenvalue weighted by atomic mass is 16.5. The van der Waals surface area contributed by atoms with Crippen molar-refractivity contribution in [1.82, 2.24) is 5.32 Å². The van der Waals surface area contributed by atoms with E-state index in [0.29, 0.717) is 5.75 Å². The lowest BCUT2D eigenvalue weighted by Crippen LogP contribution is -2.36. The zero-order chi connectivity index (χ0) is 22.4. The highest BCUT2D eigenvalue weighted by Crippen LogP contribution is 2.32. The van der Waals surface area contributed by atoms with Gasteiger partial charge in [-0.1, -0.05) is 50.6 Å². The number of ether oxygens (including phenoxy) is 2. The molecule has 6 nitrogen and oxygen atoms in total. The number of rotatable bonds is 7. The number of carbonyl (C=O) groups excluding carboxylic acids is 1. The lowest BCUT2D eigenvalue weighted by atomic mass is 9.85. The van der Waals surface area contributed by atoms with Gasteiger partial charge < -0.3 is 24.8 Å². The molecule has 1 atom stereocenters. The molecule has 0 aromatic heterocycles. The van der Waals surface area contributed by atoms with Crippen LogP contribution in [-0.4, -0.2) is 50.5 Å². The first-order valence-corrected chi connectivity index (χ1v) is 10.9. The highest BCUT2D eigenvalue weighted by Gasteiger charge is 2.20. The third-order valence-corrected chi connectivity index (χ3v) is 5.45. The molecule has 1 heterocycles. The summed E-state index contributed by atoms with van der Waals surface area (Å²) in [7, 11) is 0. The van der Waals surface area contributed by atoms with Crippen LogP contribution in [0, 0.1) is 6.92 Å². The Kier molecular flexibility index (Phi) is 7.57. The van der Waals surface area contributed by atoms with Crippen molar-refractivity contribution >= 4 is 11.6 Å². The quantitative estimate of drug-likeness (QED) is 0.710. The first-order valence-electron chi connectivity index (χ1n) is 10.9. The normalized spacial score (nSPS) is 15.5. The van der Waals surface area contributed by atoms with Crippen molar-refractivity contribution in [3.05, 3.63) is 59.2 Å². The molecule has 0 bridgehead atoms. The summed E-state index contributed by atoms with van der Waals surface area (Å²) in [5.41, 5.74) is 4.03. The fourth-order valence-electron chi connectivity index (χ4n) is 3.61. The van der Waals surface area contributed by atoms with E-state index in [4.69, 9.17) is 9.47 Å². The van der Waals surface area contributed by atoms with Crippen LogP contribution in [0.1, 0.15) is 43.6 Å². The summed E-state index contributed by atoms with van der Waals surface area (Å²) in [6.07, 6.45) is -0.771. The zero-order valence-electron chi connectivity index (χ0n) is 19.0. The van der Waals surface area contributed by atoms with Gasteiger partial charge in [0.25, 0.3) is 5.91 Å². The van der Waals surface area contributed by atoms with Gasteiger partial charge in [-0.05, 0) is 41.7 Å². The number of anilines is 1. The minimum Gasteiger partial charge on any atom is -0.483 e. The summed E-state index contributed by atoms with van der Waals surface area (Å²) in [5.74, 6) is 0.455. The van der Waals surface area contributed by atoms with E-state index in [0.717, 1.165) is 48.7 Å². The number of morpholine rings is 1. The van der Waals surface area contributed by atoms with Gasteiger partial charge in [-0.3, -0.25) is 4.79 Å². The zero-order valence-corrected chi connectivity index (χ0v) is 19.0. The van der Waals surface area contributed by atoms with Crippen molar-refractivity contribution in [3.8, 4) is 5.75 Å². The van der Waals surface area contributed by atoms with Crippen LogP contribution in [-0.2, 0) is 14.9 Å². The SMILES string of the molecule is Cc1ccc(OCC(=O)NCC(O)c2ccc(N3CCOCC3)cc2)c(C(C)(C)C)c1. The molecule has 0 radical (unpaired) electrons. The number of nitrogens with one attached hydrogen (secondary N) is 1. The molecule has 31 heavy (non-hydrogen) atoms. The minimum atomic E-state index is -0.771. The van der Waals surface area contributed by atoms with Crippen molar-refractivity contribution in [2.75, 3.05) is 44.4 Å². The maximum Gasteiger partial charge on any atom is 0.258 e. The van der Waals surface area contributed by atoms with Gasteiger partial charge in [-0.15, -0.1) is 0 Å². The Morgan fingerprint density at radius 3 is 2.48 bits per heavy atom. The summed E-state index contributed by atoms with van der Waals surface area (Å²) in [6, 6.07) is 13.8. The average Bonchev–Trinajstić information content (AvgIpc) is 2.76. The van der Waals surface area contributed by atoms with Gasteiger partial charge in [0.1, 0.15) is 5.75 Å². The minimum absolute atomic E-state index is 0.0819. The molecule has 0 saturated carbocycles. The largest absolute Gasteiger partial charge is 0.483 e. The highest BCUT2D eigenvalue weighted by molar-refractivity contribution is 5.77. The molecule has 6 heteroatoms. The van der Waals surface area contributed by atoms with Crippen molar-refractivity contribution in [3.63, 3.8) is 0 Å². The number of hydrogen-bond donors (Lipinski definition) is 2. The standard InChI is InChI=1S/C25H34N2O4/c1-18-5-10-23(21(15-18)25(2,3)4)31-17-24(29)26-16-22(28)19-6-8-20(9-7-19)27-11-13-30-14-12-27/h5-10,15,22,28H,11-14,16-17H2,1-4H3,(H,26,29). The molecule has 0 spiro atoms. The van der Waals surface area contributed by atoms with Gasteiger partial charge in [-0.25, -0.2) is 0 Å². The van der Waals surface area contributed by atoms with Crippen molar-refractivity contribution in [2.45, 2.75) is 39.2 Å². The fraction of sp³-hybridized carbons (Fsp3) is 0.480. The molecule has 1 aliphatic heterocycles. The van der Waals surface area contributed by atoms with Crippen LogP contribution in [0.15, 0.2) is 42.5 Å². The molecule has 3 rings (SSSR count). The summed E-state index contributed by atoms with van der Waals surface area (Å²) in [4.78, 5) is 14.5. The fourth-order valence-corrected chi connectivity index (χ4v) is 3.61. The van der Waals surface area contributed by atoms with Gasteiger partial charge in [-0.2, -0.15) is 0 Å². The summed E-state index contributed by atoms with van der Waals surface area (Å²) >= 11 is 0. The Morgan fingerprint density at radius 2 is 1.84 bits per heavy atom. The molecular weight excluding hydrogens is 392 g/mol. The van der Waals surface area contributed by atoms with Gasteiger partial charge in [0.05, 0.1) is 19.3 Å². The van der Waals surface area contributed by atoms with E-state index in [9.17, 15) is 9.90 Å². The Labute approximate surface area is 185 Å². The lowest BCUT2D eigenvalue weighted by molar-refractivity contribution is -0.123. The Balaban J connectivity index is 1.49. The van der Waals surface area contributed by atoms with Crippen LogP contribution < -0.4 is 15.0 Å². The Hall–Kier alpha value is -2.57. The van der Waals surface area contributed by atoms with Gasteiger partial charge >= 0.3 is 0 Å². The van der Waals surface area contributed by atoms with E-state index < -0.39 is 6.10 Å². The molecule has 2 aromatic carbocycles. The smallest absolute Gasteiger partial charge is 0.258 e. The van der Waals surface area contributed by atoms with E-state index in [1.54, 1.807) is 0 Å². The van der Waals surface area contributed by atoms with E-state index in [1.165, 1.54) is 0 Å². The molecule has 168 valence electrons. The summed E-state index contributed by atoms with van der Waals surface area (Å²) in [5, 5.41) is 13.2. The number of nitrogens with zero attached hydrogens (tertiary/aromatic N) is 1. The average molecular weight is 427 g/mol. The molecule has 1 amide bonds. The Morgan fingerprint density at radius 1 is 1.16 bits per heavy atom. The summed E-state index contributed by atoms with van der Waals surface area (Å²) in [6.45, 7) is 11.7. The van der Waals surface area contributed by atoms with Crippen LogP contribution in [0.4, 0.5) is 5.69 Å². The molecule has 2 N–H and O–H groups in total. The van der Waals surface area contributed by atoms with Crippen molar-refractivity contribution in [2.24, 2.45) is 0 Å². The first-order chi connectivity index (χ1) is 14.7. The van der Waals surface area contributed by atoms with Crippen LogP contribution in [0.5, 0.6) is 5.75 Å². The molecule has 1 unspecified atom stereocenters. The maximum absolute atomic E-state index is 12.3. The van der Waals surface area contributed by atoms with E-state index in [-0.39, 0.29) is 24.5 Å². The second-order valence-electron chi connectivity index (χ2n) is 9.05. The molecular formula is C25H34N2O4. The molecule has 1 aliphatic rings. The lowest BCUT2D eigenvalue weighted by Gasteiger charge is -2.29. The predicted octanol–water partition coefficient (Wildman–Crippen LogP) is 3.36.